The van der Waals surface area contributed by atoms with Crippen molar-refractivity contribution in [3.8, 4) is 0 Å². The number of ketones is 3. The van der Waals surface area contributed by atoms with Crippen molar-refractivity contribution in [2.45, 2.75) is 388 Å². The monoisotopic (exact) mass is 1970 g/mol. The van der Waals surface area contributed by atoms with Gasteiger partial charge in [0.05, 0.1) is 84.9 Å². The smallest absolute Gasteiger partial charge is 0.316 e. The van der Waals surface area contributed by atoms with Crippen LogP contribution in [0.4, 0.5) is 0 Å². The Labute approximate surface area is 826 Å². The molecule has 0 aromatic heterocycles. The number of likely N-dealkylation sites (N-methyl/N-ethyl adjacent to an activating group) is 1. The van der Waals surface area contributed by atoms with Gasteiger partial charge >= 0.3 is 17.9 Å². The number of methoxy groups -OCH3 is 2. The van der Waals surface area contributed by atoms with E-state index >= 15 is 0 Å². The van der Waals surface area contributed by atoms with Crippen LogP contribution in [-0.4, -0.2) is 310 Å². The van der Waals surface area contributed by atoms with Gasteiger partial charge in [-0.05, 0) is 192 Å². The van der Waals surface area contributed by atoms with Crippen LogP contribution in [-0.2, 0) is 90.5 Å². The third kappa shape index (κ3) is 26.5. The maximum atomic E-state index is 13.8. The zero-order valence-electron chi connectivity index (χ0n) is 87.3. The van der Waals surface area contributed by atoms with Crippen molar-refractivity contribution >= 4 is 71.0 Å². The first-order valence-electron chi connectivity index (χ1n) is 50.7. The molecular weight excluding hydrogens is 1800 g/mol. The molecule has 32 heteroatoms. The van der Waals surface area contributed by atoms with Crippen molar-refractivity contribution in [2.75, 3.05) is 78.4 Å². The molecule has 1 amide bonds. The highest BCUT2D eigenvalue weighted by molar-refractivity contribution is 8.01. The van der Waals surface area contributed by atoms with E-state index in [0.717, 1.165) is 70.2 Å². The maximum Gasteiger partial charge on any atom is 0.316 e. The summed E-state index contributed by atoms with van der Waals surface area (Å²) in [7, 11) is 6.43. The summed E-state index contributed by atoms with van der Waals surface area (Å²) < 4.78 is 66.9. The SMILES string of the molecule is C=C[C@]1(C)C[C@@H](OC(=O)CSC(C)(C)CNC(=O)[C@H](N)C(C)C)[C@]2(C)[C@H](C)CC[C@]3(CCC(=O)[C@H]32)[C@@H](C)[C@@H]1O.C=C[C@]1(C)C[C@@H](OC(=O)CSCCN(CC)CC)[C@@]2(C)C(C)CC[C@]3(CCC(=O)[C@H]32)[C@@H](C)[C@@H]1O.CC[C@H]1OC(=O)C[C@@H](O)[C@H](C)[C@@H](O[C@@H]2O[C@H](C)[C@@H](O[C@H]3C[C@@](C)(O)[C@@H](O)[C@H](C)O3)[C@H](N(C)C)[C@H]2O)[C@@H](CC=O)C[C@@H](C)C(=O)/C=C/C(C)=C/C1CO[C@@H]1O[C@H](C)[C@@H](O)[C@@H](OC)[C@H]1OC. The number of hydrogen-bond donors (Lipinski definition) is 9. The second kappa shape index (κ2) is 49.6. The molecule has 0 aromatic rings. The minimum Gasteiger partial charge on any atom is -0.462 e. The van der Waals surface area contributed by atoms with Gasteiger partial charge in [0, 0.05) is 115 Å². The Morgan fingerprint density at radius 1 is 0.686 bits per heavy atom. The molecular formula is C105H176N4O26S2. The van der Waals surface area contributed by atoms with E-state index in [1.807, 2.05) is 73.6 Å². The van der Waals surface area contributed by atoms with Gasteiger partial charge in [-0.25, -0.2) is 0 Å². The van der Waals surface area contributed by atoms with Crippen LogP contribution in [0.3, 0.4) is 0 Å². The number of allylic oxidation sites excluding steroid dienone is 3. The number of rotatable bonds is 31. The number of ether oxygens (including phenoxy) is 11. The Balaban J connectivity index is 0.000000270. The van der Waals surface area contributed by atoms with E-state index in [0.29, 0.717) is 55.8 Å². The molecule has 10 N–H and O–H groups in total. The first kappa shape index (κ1) is 118. The van der Waals surface area contributed by atoms with E-state index in [1.165, 1.54) is 39.0 Å². The van der Waals surface area contributed by atoms with Crippen LogP contribution < -0.4 is 11.1 Å². The normalized spacial score (nSPS) is 43.1. The number of cyclic esters (lactones) is 1. The molecule has 10 aliphatic rings. The minimum absolute atomic E-state index is 0.00788. The summed E-state index contributed by atoms with van der Waals surface area (Å²) in [4.78, 5) is 110. The number of nitrogens with zero attached hydrogens (tertiary/aromatic N) is 2. The van der Waals surface area contributed by atoms with E-state index in [1.54, 1.807) is 71.5 Å². The van der Waals surface area contributed by atoms with Gasteiger partial charge < -0.3 is 113 Å². The number of nitrogens with two attached hydrogens (primary N) is 1. The van der Waals surface area contributed by atoms with Crippen LogP contribution in [0.2, 0.25) is 0 Å². The fraction of sp³-hybridized carbons (Fsp3) is 0.848. The van der Waals surface area contributed by atoms with Crippen molar-refractivity contribution < 1.29 is 126 Å². The molecule has 6 aliphatic carbocycles. The van der Waals surface area contributed by atoms with Crippen molar-refractivity contribution in [3.05, 3.63) is 49.1 Å². The third-order valence-electron chi connectivity index (χ3n) is 34.5. The molecule has 10 rings (SSSR count). The van der Waals surface area contributed by atoms with E-state index in [4.69, 9.17) is 57.8 Å². The van der Waals surface area contributed by atoms with Crippen LogP contribution in [0.1, 0.15) is 249 Å². The first-order chi connectivity index (χ1) is 64.0. The number of thioether (sulfide) groups is 2. The molecule has 4 aliphatic heterocycles. The zero-order chi connectivity index (χ0) is 103. The fourth-order valence-corrected chi connectivity index (χ4v) is 26.3. The summed E-state index contributed by atoms with van der Waals surface area (Å²) in [5.74, 6) is -2.46. The van der Waals surface area contributed by atoms with Crippen LogP contribution in [0.15, 0.2) is 49.1 Å². The van der Waals surface area contributed by atoms with Crippen molar-refractivity contribution in [1.29, 1.82) is 0 Å². The van der Waals surface area contributed by atoms with Gasteiger partial charge in [0.15, 0.2) is 24.7 Å². The minimum atomic E-state index is -1.49. The number of carbonyl (C=O) groups is 8. The highest BCUT2D eigenvalue weighted by atomic mass is 32.2. The molecule has 4 bridgehead atoms. The summed E-state index contributed by atoms with van der Waals surface area (Å²) in [6.07, 6.45) is 0.330. The Kier molecular flexibility index (Phi) is 42.6. The number of esters is 3. The Bertz CT molecular complexity index is 4080. The molecule has 0 aromatic carbocycles. The van der Waals surface area contributed by atoms with Crippen LogP contribution in [0.25, 0.3) is 0 Å². The molecule has 137 heavy (non-hydrogen) atoms. The molecule has 6 saturated carbocycles. The Morgan fingerprint density at radius 2 is 1.22 bits per heavy atom. The van der Waals surface area contributed by atoms with E-state index in [2.05, 4.69) is 78.8 Å². The third-order valence-corrected chi connectivity index (χ3v) is 36.7. The molecule has 0 radical (unpaired) electrons. The average molecular weight is 1970 g/mol. The topological polar surface area (TPSA) is 424 Å². The highest BCUT2D eigenvalue weighted by Crippen LogP contribution is 2.70. The standard InChI is InChI=1S/C46H77NO17.C31H52N2O5S.C28H47NO4S/c1-13-33-30(22-58-45-42(57-12)41(56-11)37(52)26(5)60-45)18-23(2)14-15-31(49)24(3)19-29(16-17-48)39(25(4)32(50)20-34(51)62-33)64-44-38(53)36(47(9)10)40(27(6)61-44)63-35-21-46(8,55)43(54)28(7)59-35;1-10-29(8)15-22(38-23(35)16-39-28(6,7)17-33-27(37)24(32)18(2)3)30(9)19(4)11-13-31(20(5)26(29)36)14-12-21(34)25(30)31;1-8-26(6)17-22(33-23(31)18-34-16-15-29(9-2)10-3)27(7)19(4)11-13-28(20(5)25(26)32)14-12-21(30)24(27)28/h14-15,17-18,24-30,32-33,35-45,50,52-55H,13,16,19-22H2,1-12H3;10,18-20,22,24-26,36H,1,11-17,32H2,2-9H3,(H,33,37);8,19-20,22,24-25,32H,1,9-18H2,2-7H3/b15-14+,23-18+;;/t24-,25+,26-,27-,28+,29+,30?,32-,33-,35+,36-,37-,38-,39-,40-,41-,42-,43+,44+,45-,46-;19-,20+,22-,24-,25+,26+,29-,30+,31+;19?,20-,22+,24-,25-,26+,27+,28-/m110/s1. The lowest BCUT2D eigenvalue weighted by Crippen LogP contribution is -2.65. The molecule has 9 fully saturated rings. The average Bonchev–Trinajstić information content (AvgIpc) is 1.59. The van der Waals surface area contributed by atoms with Gasteiger partial charge in [-0.2, -0.15) is 0 Å². The number of carbonyl (C=O) groups excluding carboxylic acids is 8. The fourth-order valence-electron chi connectivity index (χ4n) is 24.8. The second-order valence-corrected chi connectivity index (χ2v) is 47.3. The summed E-state index contributed by atoms with van der Waals surface area (Å²) in [5.41, 5.74) is 2.43. The lowest BCUT2D eigenvalue weighted by Gasteiger charge is -2.61. The van der Waals surface area contributed by atoms with Crippen molar-refractivity contribution in [2.24, 2.45) is 103 Å². The van der Waals surface area contributed by atoms with Crippen LogP contribution in [0, 0.1) is 97.6 Å². The molecule has 30 nitrogen and oxygen atoms in total. The summed E-state index contributed by atoms with van der Waals surface area (Å²) >= 11 is 3.04. The predicted octanol–water partition coefficient (Wildman–Crippen LogP) is 11.3. The number of aliphatic hydroxyl groups excluding tert-OH is 6. The lowest BCUT2D eigenvalue weighted by molar-refractivity contribution is -0.341. The molecule has 4 heterocycles. The van der Waals surface area contributed by atoms with Crippen LogP contribution in [0.5, 0.6) is 0 Å². The van der Waals surface area contributed by atoms with E-state index in [-0.39, 0.29) is 113 Å². The van der Waals surface area contributed by atoms with Gasteiger partial charge in [-0.1, -0.05) is 134 Å². The largest absolute Gasteiger partial charge is 0.462 e. The lowest BCUT2D eigenvalue weighted by atomic mass is 9.44. The summed E-state index contributed by atoms with van der Waals surface area (Å²) in [6, 6.07) is -1.32. The number of Topliss-reactive ketones (excluding diaryl/α,β-unsaturated/α-hetero) is 2. The second-order valence-electron chi connectivity index (χ2n) is 44.5. The van der Waals surface area contributed by atoms with E-state index < -0.39 is 197 Å². The quantitative estimate of drug-likeness (QED) is 0.0102. The summed E-state index contributed by atoms with van der Waals surface area (Å²) in [6.45, 7) is 54.3. The van der Waals surface area contributed by atoms with Crippen LogP contribution >= 0.6 is 23.5 Å². The molecule has 784 valence electrons. The van der Waals surface area contributed by atoms with Gasteiger partial charge in [-0.15, -0.1) is 36.7 Å². The number of aldehydes is 1. The molecule has 2 unspecified atom stereocenters. The maximum absolute atomic E-state index is 13.8. The number of amides is 1. The Hall–Kier alpha value is -4.50. The highest BCUT2D eigenvalue weighted by Gasteiger charge is 2.71. The van der Waals surface area contributed by atoms with Gasteiger partial charge in [0.25, 0.3) is 0 Å². The van der Waals surface area contributed by atoms with Crippen molar-refractivity contribution in [1.82, 2.24) is 15.1 Å². The van der Waals surface area contributed by atoms with Crippen molar-refractivity contribution in [3.63, 3.8) is 0 Å². The number of hydrogen-bond acceptors (Lipinski definition) is 31. The Morgan fingerprint density at radius 3 is 1.71 bits per heavy atom. The molecule has 3 saturated heterocycles. The first-order valence-corrected chi connectivity index (χ1v) is 52.8. The number of aliphatic hydroxyl groups is 7. The predicted molar refractivity (Wildman–Crippen MR) is 527 cm³/mol. The van der Waals surface area contributed by atoms with Gasteiger partial charge in [-0.3, -0.25) is 33.6 Å². The molecule has 0 spiro atoms. The molecule has 38 atom stereocenters. The van der Waals surface area contributed by atoms with Gasteiger partial charge in [0.1, 0.15) is 72.8 Å². The van der Waals surface area contributed by atoms with E-state index in [9.17, 15) is 74.1 Å². The van der Waals surface area contributed by atoms with Gasteiger partial charge in [0.2, 0.25) is 5.91 Å². The summed E-state index contributed by atoms with van der Waals surface area (Å²) in [5, 5.41) is 81.9. The zero-order valence-corrected chi connectivity index (χ0v) is 88.9. The number of nitrogens with one attached hydrogen (secondary N) is 1.